The van der Waals surface area contributed by atoms with Crippen LogP contribution < -0.4 is 5.73 Å². The number of nitrogens with zero attached hydrogens (tertiary/aromatic N) is 1. The van der Waals surface area contributed by atoms with Crippen molar-refractivity contribution in [3.63, 3.8) is 0 Å². The third-order valence-corrected chi connectivity index (χ3v) is 3.63. The molecular formula is C12H17BrN2O2. The molecule has 1 saturated heterocycles. The number of carbonyl (C=O) groups excluding carboxylic acids is 1. The van der Waals surface area contributed by atoms with Gasteiger partial charge in [-0.15, -0.1) is 0 Å². The number of hydrogen-bond donors (Lipinski definition) is 1. The van der Waals surface area contributed by atoms with Crippen LogP contribution in [0.1, 0.15) is 36.7 Å². The van der Waals surface area contributed by atoms with E-state index in [0.717, 1.165) is 25.8 Å². The molecule has 1 aromatic rings. The van der Waals surface area contributed by atoms with Gasteiger partial charge in [-0.3, -0.25) is 4.79 Å². The average Bonchev–Trinajstić information content (AvgIpc) is 2.75. The SMILES string of the molecule is CC(N)C1CCCCN1C(=O)c1ccc(Br)o1. The molecule has 0 spiro atoms. The number of piperidine rings is 1. The molecule has 1 aliphatic heterocycles. The number of likely N-dealkylation sites (tertiary alicyclic amines) is 1. The summed E-state index contributed by atoms with van der Waals surface area (Å²) in [5.74, 6) is 0.321. The first-order valence-electron chi connectivity index (χ1n) is 5.91. The van der Waals surface area contributed by atoms with Gasteiger partial charge in [-0.05, 0) is 54.2 Å². The van der Waals surface area contributed by atoms with Crippen LogP contribution in [0.3, 0.4) is 0 Å². The van der Waals surface area contributed by atoms with Gasteiger partial charge >= 0.3 is 0 Å². The molecule has 5 heteroatoms. The Hall–Kier alpha value is -0.810. The van der Waals surface area contributed by atoms with Gasteiger partial charge in [-0.25, -0.2) is 0 Å². The predicted molar refractivity (Wildman–Crippen MR) is 68.7 cm³/mol. The Labute approximate surface area is 109 Å². The fraction of sp³-hybridized carbons (Fsp3) is 0.583. The van der Waals surface area contributed by atoms with Crippen molar-refractivity contribution in [3.8, 4) is 0 Å². The van der Waals surface area contributed by atoms with Crippen LogP contribution in [0.4, 0.5) is 0 Å². The van der Waals surface area contributed by atoms with Crippen LogP contribution in [0.2, 0.25) is 0 Å². The minimum atomic E-state index is -0.0577. The normalized spacial score (nSPS) is 22.5. The molecule has 0 bridgehead atoms. The highest BCUT2D eigenvalue weighted by Crippen LogP contribution is 2.23. The van der Waals surface area contributed by atoms with E-state index in [1.165, 1.54) is 0 Å². The summed E-state index contributed by atoms with van der Waals surface area (Å²) in [6, 6.07) is 3.55. The van der Waals surface area contributed by atoms with Gasteiger partial charge in [0.25, 0.3) is 5.91 Å². The van der Waals surface area contributed by atoms with Gasteiger partial charge in [-0.2, -0.15) is 0 Å². The van der Waals surface area contributed by atoms with Gasteiger partial charge in [0.2, 0.25) is 0 Å². The van der Waals surface area contributed by atoms with E-state index in [1.54, 1.807) is 12.1 Å². The zero-order valence-electron chi connectivity index (χ0n) is 9.86. The molecule has 0 saturated carbocycles. The molecule has 2 unspecified atom stereocenters. The topological polar surface area (TPSA) is 59.5 Å². The Morgan fingerprint density at radius 2 is 2.35 bits per heavy atom. The minimum absolute atomic E-state index is 0.00217. The highest BCUT2D eigenvalue weighted by molar-refractivity contribution is 9.10. The molecule has 0 aromatic carbocycles. The van der Waals surface area contributed by atoms with Gasteiger partial charge in [0.1, 0.15) is 0 Å². The number of halogens is 1. The standard InChI is InChI=1S/C12H17BrN2O2/c1-8(14)9-4-2-3-7-15(9)12(16)10-5-6-11(13)17-10/h5-6,8-9H,2-4,7,14H2,1H3. The monoisotopic (exact) mass is 300 g/mol. The van der Waals surface area contributed by atoms with Crippen LogP contribution >= 0.6 is 15.9 Å². The van der Waals surface area contributed by atoms with Gasteiger partial charge in [0, 0.05) is 18.6 Å². The van der Waals surface area contributed by atoms with Crippen molar-refractivity contribution in [1.29, 1.82) is 0 Å². The van der Waals surface area contributed by atoms with Crippen molar-refractivity contribution >= 4 is 21.8 Å². The van der Waals surface area contributed by atoms with Crippen molar-refractivity contribution in [1.82, 2.24) is 4.90 Å². The summed E-state index contributed by atoms with van der Waals surface area (Å²) in [5.41, 5.74) is 5.94. The maximum Gasteiger partial charge on any atom is 0.289 e. The maximum absolute atomic E-state index is 12.3. The van der Waals surface area contributed by atoms with E-state index < -0.39 is 0 Å². The fourth-order valence-corrected chi connectivity index (χ4v) is 2.63. The first kappa shape index (κ1) is 12.6. The molecule has 2 N–H and O–H groups in total. The molecule has 1 aliphatic rings. The van der Waals surface area contributed by atoms with Gasteiger partial charge in [0.05, 0.1) is 0 Å². The second-order valence-corrected chi connectivity index (χ2v) is 5.31. The summed E-state index contributed by atoms with van der Waals surface area (Å²) in [5, 5.41) is 0. The largest absolute Gasteiger partial charge is 0.444 e. The Morgan fingerprint density at radius 1 is 1.59 bits per heavy atom. The molecule has 17 heavy (non-hydrogen) atoms. The van der Waals surface area contributed by atoms with Crippen LogP contribution in [-0.2, 0) is 0 Å². The molecule has 1 fully saturated rings. The van der Waals surface area contributed by atoms with Crippen LogP contribution in [0.5, 0.6) is 0 Å². The number of rotatable bonds is 2. The molecule has 4 nitrogen and oxygen atoms in total. The van der Waals surface area contributed by atoms with Crippen molar-refractivity contribution in [3.05, 3.63) is 22.6 Å². The maximum atomic E-state index is 12.3. The van der Waals surface area contributed by atoms with E-state index in [1.807, 2.05) is 11.8 Å². The highest BCUT2D eigenvalue weighted by Gasteiger charge is 2.31. The van der Waals surface area contributed by atoms with Gasteiger partial charge in [-0.1, -0.05) is 0 Å². The van der Waals surface area contributed by atoms with Crippen LogP contribution in [-0.4, -0.2) is 29.4 Å². The molecule has 1 aromatic heterocycles. The zero-order chi connectivity index (χ0) is 12.4. The van der Waals surface area contributed by atoms with E-state index in [-0.39, 0.29) is 18.0 Å². The van der Waals surface area contributed by atoms with Crippen molar-refractivity contribution in [2.45, 2.75) is 38.3 Å². The molecule has 1 amide bonds. The predicted octanol–water partition coefficient (Wildman–Crippen LogP) is 2.38. The summed E-state index contributed by atoms with van der Waals surface area (Å²) in [6.45, 7) is 2.72. The van der Waals surface area contributed by atoms with Crippen molar-refractivity contribution in [2.24, 2.45) is 5.73 Å². The van der Waals surface area contributed by atoms with E-state index in [4.69, 9.17) is 10.2 Å². The smallest absolute Gasteiger partial charge is 0.289 e. The lowest BCUT2D eigenvalue weighted by atomic mass is 9.96. The number of amides is 1. The molecule has 94 valence electrons. The summed E-state index contributed by atoms with van der Waals surface area (Å²) in [6.07, 6.45) is 3.15. The first-order chi connectivity index (χ1) is 8.09. The third-order valence-electron chi connectivity index (χ3n) is 3.20. The quantitative estimate of drug-likeness (QED) is 0.912. The Balaban J connectivity index is 2.16. The second-order valence-electron chi connectivity index (χ2n) is 4.52. The summed E-state index contributed by atoms with van der Waals surface area (Å²) < 4.78 is 5.89. The molecular weight excluding hydrogens is 284 g/mol. The lowest BCUT2D eigenvalue weighted by Gasteiger charge is -2.37. The highest BCUT2D eigenvalue weighted by atomic mass is 79.9. The number of furan rings is 1. The summed E-state index contributed by atoms with van der Waals surface area (Å²) >= 11 is 3.21. The number of carbonyl (C=O) groups is 1. The molecule has 0 radical (unpaired) electrons. The van der Waals surface area contributed by atoms with Crippen LogP contribution in [0, 0.1) is 0 Å². The van der Waals surface area contributed by atoms with Crippen molar-refractivity contribution < 1.29 is 9.21 Å². The molecule has 2 atom stereocenters. The summed E-state index contributed by atoms with van der Waals surface area (Å²) in [4.78, 5) is 14.1. The molecule has 0 aliphatic carbocycles. The minimum Gasteiger partial charge on any atom is -0.444 e. The Morgan fingerprint density at radius 3 is 2.94 bits per heavy atom. The van der Waals surface area contributed by atoms with Crippen molar-refractivity contribution in [2.75, 3.05) is 6.54 Å². The van der Waals surface area contributed by atoms with Gasteiger partial charge < -0.3 is 15.1 Å². The Kier molecular flexibility index (Phi) is 3.89. The number of nitrogens with two attached hydrogens (primary N) is 1. The molecule has 2 heterocycles. The number of hydrogen-bond acceptors (Lipinski definition) is 3. The van der Waals surface area contributed by atoms with E-state index in [2.05, 4.69) is 15.9 Å². The van der Waals surface area contributed by atoms with E-state index in [0.29, 0.717) is 10.4 Å². The second kappa shape index (κ2) is 5.23. The van der Waals surface area contributed by atoms with E-state index in [9.17, 15) is 4.79 Å². The lowest BCUT2D eigenvalue weighted by molar-refractivity contribution is 0.0550. The average molecular weight is 301 g/mol. The fourth-order valence-electron chi connectivity index (χ4n) is 2.33. The van der Waals surface area contributed by atoms with Crippen LogP contribution in [0.25, 0.3) is 0 Å². The molecule has 2 rings (SSSR count). The first-order valence-corrected chi connectivity index (χ1v) is 6.71. The van der Waals surface area contributed by atoms with Gasteiger partial charge in [0.15, 0.2) is 10.4 Å². The van der Waals surface area contributed by atoms with E-state index >= 15 is 0 Å². The summed E-state index contributed by atoms with van der Waals surface area (Å²) in [7, 11) is 0. The third kappa shape index (κ3) is 2.72. The zero-order valence-corrected chi connectivity index (χ0v) is 11.4. The van der Waals surface area contributed by atoms with Crippen LogP contribution in [0.15, 0.2) is 21.2 Å². The lowest BCUT2D eigenvalue weighted by Crippen LogP contribution is -2.51. The Bertz CT molecular complexity index is 403.